The summed E-state index contributed by atoms with van der Waals surface area (Å²) in [6.07, 6.45) is -2.98. The highest BCUT2D eigenvalue weighted by atomic mass is 35.5. The van der Waals surface area contributed by atoms with Crippen molar-refractivity contribution in [2.45, 2.75) is 39.4 Å². The standard InChI is InChI=1S/C14H16ClF3N4O/c1-4-10(21(5-2)13(23)14(16,17)18)9-6-11-19-12(15)8(3)7-22(11)20-9/h6-7,10H,4-5H2,1-3H3/t10-/m0/s1. The maximum atomic E-state index is 12.8. The third-order valence-electron chi connectivity index (χ3n) is 3.54. The van der Waals surface area contributed by atoms with E-state index in [0.29, 0.717) is 28.5 Å². The zero-order chi connectivity index (χ0) is 17.4. The lowest BCUT2D eigenvalue weighted by molar-refractivity contribution is -0.188. The van der Waals surface area contributed by atoms with Gasteiger partial charge in [0.05, 0.1) is 11.7 Å². The molecule has 9 heteroatoms. The molecule has 1 atom stereocenters. The smallest absolute Gasteiger partial charge is 0.326 e. The molecule has 0 N–H and O–H groups in total. The first-order valence-corrected chi connectivity index (χ1v) is 7.47. The van der Waals surface area contributed by atoms with Crippen molar-refractivity contribution in [3.05, 3.63) is 28.7 Å². The van der Waals surface area contributed by atoms with Crippen LogP contribution in [0.2, 0.25) is 5.15 Å². The van der Waals surface area contributed by atoms with Gasteiger partial charge < -0.3 is 4.90 Å². The van der Waals surface area contributed by atoms with Crippen LogP contribution in [0.4, 0.5) is 13.2 Å². The second kappa shape index (κ2) is 6.35. The maximum Gasteiger partial charge on any atom is 0.471 e. The molecule has 0 aliphatic heterocycles. The monoisotopic (exact) mass is 348 g/mol. The van der Waals surface area contributed by atoms with Gasteiger partial charge in [-0.25, -0.2) is 9.50 Å². The fourth-order valence-corrected chi connectivity index (χ4v) is 2.56. The van der Waals surface area contributed by atoms with E-state index in [2.05, 4.69) is 10.1 Å². The number of aromatic nitrogens is 3. The van der Waals surface area contributed by atoms with Crippen molar-refractivity contribution in [3.8, 4) is 0 Å². The number of carbonyl (C=O) groups is 1. The van der Waals surface area contributed by atoms with Gasteiger partial charge in [-0.3, -0.25) is 4.79 Å². The Labute approximate surface area is 136 Å². The molecule has 0 aliphatic rings. The molecule has 0 unspecified atom stereocenters. The van der Waals surface area contributed by atoms with Gasteiger partial charge >= 0.3 is 12.1 Å². The van der Waals surface area contributed by atoms with Gasteiger partial charge in [0.1, 0.15) is 5.15 Å². The summed E-state index contributed by atoms with van der Waals surface area (Å²) >= 11 is 5.94. The number of hydrogen-bond donors (Lipinski definition) is 0. The molecule has 5 nitrogen and oxygen atoms in total. The highest BCUT2D eigenvalue weighted by Crippen LogP contribution is 2.29. The fourth-order valence-electron chi connectivity index (χ4n) is 2.43. The molecule has 0 bridgehead atoms. The summed E-state index contributed by atoms with van der Waals surface area (Å²) in [6, 6.07) is 0.765. The maximum absolute atomic E-state index is 12.8. The van der Waals surface area contributed by atoms with E-state index in [4.69, 9.17) is 11.6 Å². The molecule has 23 heavy (non-hydrogen) atoms. The number of rotatable bonds is 4. The molecule has 0 aliphatic carbocycles. The van der Waals surface area contributed by atoms with Crippen molar-refractivity contribution >= 4 is 23.2 Å². The topological polar surface area (TPSA) is 50.5 Å². The van der Waals surface area contributed by atoms with Crippen LogP contribution in [0.5, 0.6) is 0 Å². The molecular weight excluding hydrogens is 333 g/mol. The summed E-state index contributed by atoms with van der Waals surface area (Å²) in [5.41, 5.74) is 1.46. The molecule has 0 saturated heterocycles. The lowest BCUT2D eigenvalue weighted by atomic mass is 10.1. The Morgan fingerprint density at radius 1 is 1.43 bits per heavy atom. The zero-order valence-corrected chi connectivity index (χ0v) is 13.6. The Hall–Kier alpha value is -1.83. The third kappa shape index (κ3) is 3.41. The lowest BCUT2D eigenvalue weighted by Gasteiger charge is -2.29. The van der Waals surface area contributed by atoms with Crippen LogP contribution in [0.25, 0.3) is 5.65 Å². The number of nitrogens with zero attached hydrogens (tertiary/aromatic N) is 4. The average Bonchev–Trinajstić information content (AvgIpc) is 2.85. The summed E-state index contributed by atoms with van der Waals surface area (Å²) in [5, 5.41) is 4.56. The first-order valence-electron chi connectivity index (χ1n) is 7.09. The summed E-state index contributed by atoms with van der Waals surface area (Å²) in [4.78, 5) is 16.5. The Kier molecular flexibility index (Phi) is 4.84. The Bertz CT molecular complexity index is 690. The Morgan fingerprint density at radius 2 is 2.09 bits per heavy atom. The Balaban J connectivity index is 2.45. The molecule has 2 rings (SSSR count). The molecule has 1 amide bonds. The highest BCUT2D eigenvalue weighted by molar-refractivity contribution is 6.30. The summed E-state index contributed by atoms with van der Waals surface area (Å²) in [6.45, 7) is 4.88. The van der Waals surface area contributed by atoms with E-state index < -0.39 is 18.1 Å². The summed E-state index contributed by atoms with van der Waals surface area (Å²) < 4.78 is 39.7. The predicted octanol–water partition coefficient (Wildman–Crippen LogP) is 3.55. The Morgan fingerprint density at radius 3 is 2.61 bits per heavy atom. The molecule has 0 radical (unpaired) electrons. The van der Waals surface area contributed by atoms with Crippen molar-refractivity contribution in [3.63, 3.8) is 0 Å². The van der Waals surface area contributed by atoms with Crippen LogP contribution in [0.3, 0.4) is 0 Å². The van der Waals surface area contributed by atoms with E-state index in [1.54, 1.807) is 26.1 Å². The van der Waals surface area contributed by atoms with Crippen LogP contribution in [0.1, 0.15) is 37.6 Å². The molecule has 0 fully saturated rings. The van der Waals surface area contributed by atoms with Gasteiger partial charge in [0, 0.05) is 24.4 Å². The number of amides is 1. The molecule has 0 spiro atoms. The van der Waals surface area contributed by atoms with Gasteiger partial charge in [0.25, 0.3) is 0 Å². The van der Waals surface area contributed by atoms with Crippen molar-refractivity contribution in [2.24, 2.45) is 0 Å². The number of hydrogen-bond acceptors (Lipinski definition) is 3. The molecule has 0 saturated carbocycles. The molecule has 2 aromatic rings. The minimum Gasteiger partial charge on any atom is -0.326 e. The lowest BCUT2D eigenvalue weighted by Crippen LogP contribution is -2.43. The van der Waals surface area contributed by atoms with Crippen molar-refractivity contribution in [2.75, 3.05) is 6.54 Å². The van der Waals surface area contributed by atoms with Gasteiger partial charge in [-0.2, -0.15) is 18.3 Å². The number of aryl methyl sites for hydroxylation is 1. The van der Waals surface area contributed by atoms with Crippen LogP contribution in [-0.4, -0.2) is 38.1 Å². The summed E-state index contributed by atoms with van der Waals surface area (Å²) in [5.74, 6) is -1.87. The van der Waals surface area contributed by atoms with Crippen LogP contribution in [0.15, 0.2) is 12.3 Å². The number of carbonyl (C=O) groups excluding carboxylic acids is 1. The largest absolute Gasteiger partial charge is 0.471 e. The van der Waals surface area contributed by atoms with Gasteiger partial charge in [0.2, 0.25) is 0 Å². The van der Waals surface area contributed by atoms with Crippen LogP contribution >= 0.6 is 11.6 Å². The molecule has 2 aromatic heterocycles. The van der Waals surface area contributed by atoms with Crippen LogP contribution in [0, 0.1) is 6.92 Å². The van der Waals surface area contributed by atoms with Crippen molar-refractivity contribution < 1.29 is 18.0 Å². The molecular formula is C14H16ClF3N4O. The minimum atomic E-state index is -4.92. The second-order valence-corrected chi connectivity index (χ2v) is 5.46. The molecule has 126 valence electrons. The first-order chi connectivity index (χ1) is 10.7. The van der Waals surface area contributed by atoms with Crippen molar-refractivity contribution in [1.29, 1.82) is 0 Å². The van der Waals surface area contributed by atoms with E-state index in [0.717, 1.165) is 4.90 Å². The molecule has 0 aromatic carbocycles. The predicted molar refractivity (Wildman–Crippen MR) is 79.2 cm³/mol. The average molecular weight is 349 g/mol. The van der Waals surface area contributed by atoms with E-state index in [1.165, 1.54) is 11.4 Å². The first kappa shape index (κ1) is 17.5. The number of fused-ring (bicyclic) bond motifs is 1. The van der Waals surface area contributed by atoms with E-state index in [9.17, 15) is 18.0 Å². The number of halogens is 4. The fraction of sp³-hybridized carbons (Fsp3) is 0.500. The zero-order valence-electron chi connectivity index (χ0n) is 12.9. The van der Waals surface area contributed by atoms with E-state index in [1.807, 2.05) is 0 Å². The third-order valence-corrected chi connectivity index (χ3v) is 3.92. The SMILES string of the molecule is CC[C@@H](c1cc2nc(Cl)c(C)cn2n1)N(CC)C(=O)C(F)(F)F. The number of alkyl halides is 3. The van der Waals surface area contributed by atoms with Gasteiger partial charge in [-0.05, 0) is 20.3 Å². The van der Waals surface area contributed by atoms with Crippen molar-refractivity contribution in [1.82, 2.24) is 19.5 Å². The quantitative estimate of drug-likeness (QED) is 0.794. The molecule has 2 heterocycles. The van der Waals surface area contributed by atoms with Gasteiger partial charge in [-0.1, -0.05) is 18.5 Å². The van der Waals surface area contributed by atoms with E-state index in [-0.39, 0.29) is 6.54 Å². The van der Waals surface area contributed by atoms with Gasteiger partial charge in [0.15, 0.2) is 5.65 Å². The van der Waals surface area contributed by atoms with Crippen LogP contribution < -0.4 is 0 Å². The second-order valence-electron chi connectivity index (χ2n) is 5.10. The minimum absolute atomic E-state index is 0.0715. The highest BCUT2D eigenvalue weighted by Gasteiger charge is 2.44. The van der Waals surface area contributed by atoms with Gasteiger partial charge in [-0.15, -0.1) is 0 Å². The van der Waals surface area contributed by atoms with Crippen LogP contribution in [-0.2, 0) is 4.79 Å². The normalized spacial score (nSPS) is 13.3. The summed E-state index contributed by atoms with van der Waals surface area (Å²) in [7, 11) is 0. The van der Waals surface area contributed by atoms with E-state index >= 15 is 0 Å².